The topological polar surface area (TPSA) is 0 Å². The quantitative estimate of drug-likeness (QED) is 0.533. The molecule has 1 aromatic heterocycles. The van der Waals surface area contributed by atoms with Crippen molar-refractivity contribution in [2.45, 2.75) is 6.18 Å². The zero-order chi connectivity index (χ0) is 8.48. The smallest absolute Gasteiger partial charge is 0.166 e. The molecule has 0 nitrogen and oxygen atoms in total. The molecule has 58 valence electrons. The van der Waals surface area contributed by atoms with Gasteiger partial charge in [-0.3, -0.25) is 0 Å². The van der Waals surface area contributed by atoms with Gasteiger partial charge in [0.05, 0.1) is 5.56 Å². The first-order valence-corrected chi connectivity index (χ1v) is 3.60. The van der Waals surface area contributed by atoms with Gasteiger partial charge in [0.1, 0.15) is 0 Å². The summed E-state index contributed by atoms with van der Waals surface area (Å²) in [7, 11) is 0. The lowest BCUT2D eigenvalue weighted by molar-refractivity contribution is -0.137. The number of halogens is 3. The number of hydrogen-bond donors (Lipinski definition) is 0. The van der Waals surface area contributed by atoms with Gasteiger partial charge in [0.25, 0.3) is 0 Å². The van der Waals surface area contributed by atoms with Gasteiger partial charge in [-0.15, -0.1) is 6.42 Å². The van der Waals surface area contributed by atoms with Crippen molar-refractivity contribution in [1.82, 2.24) is 0 Å². The third-order valence-corrected chi connectivity index (χ3v) is 1.87. The van der Waals surface area contributed by atoms with Crippen LogP contribution >= 0.6 is 11.3 Å². The molecule has 0 saturated carbocycles. The zero-order valence-corrected chi connectivity index (χ0v) is 6.09. The molecule has 11 heavy (non-hydrogen) atoms. The van der Waals surface area contributed by atoms with Crippen molar-refractivity contribution in [3.05, 3.63) is 21.9 Å². The molecular formula is C7H3F3S. The van der Waals surface area contributed by atoms with Gasteiger partial charge >= 0.3 is 6.18 Å². The Hall–Kier alpha value is -0.950. The Morgan fingerprint density at radius 1 is 1.36 bits per heavy atom. The molecule has 0 aromatic carbocycles. The van der Waals surface area contributed by atoms with Crippen LogP contribution < -0.4 is 0 Å². The van der Waals surface area contributed by atoms with Gasteiger partial charge in [0.2, 0.25) is 0 Å². The molecule has 0 saturated heterocycles. The maximum absolute atomic E-state index is 12.0. The number of thiophene rings is 1. The minimum Gasteiger partial charge on any atom is -0.166 e. The van der Waals surface area contributed by atoms with Crippen LogP contribution in [0.4, 0.5) is 13.2 Å². The maximum Gasteiger partial charge on any atom is 0.418 e. The van der Waals surface area contributed by atoms with Gasteiger partial charge in [-0.25, -0.2) is 0 Å². The van der Waals surface area contributed by atoms with Crippen molar-refractivity contribution in [2.24, 2.45) is 0 Å². The van der Waals surface area contributed by atoms with Gasteiger partial charge in [0, 0.05) is 16.3 Å². The monoisotopic (exact) mass is 176 g/mol. The van der Waals surface area contributed by atoms with Crippen LogP contribution in [0.5, 0.6) is 0 Å². The van der Waals surface area contributed by atoms with Crippen molar-refractivity contribution in [3.63, 3.8) is 0 Å². The van der Waals surface area contributed by atoms with E-state index in [0.29, 0.717) is 0 Å². The Kier molecular flexibility index (Phi) is 1.92. The summed E-state index contributed by atoms with van der Waals surface area (Å²) in [6.45, 7) is 0. The number of alkyl halides is 3. The van der Waals surface area contributed by atoms with Crippen molar-refractivity contribution in [2.75, 3.05) is 0 Å². The second-order valence-corrected chi connectivity index (χ2v) is 2.58. The van der Waals surface area contributed by atoms with Crippen molar-refractivity contribution in [1.29, 1.82) is 0 Å². The Morgan fingerprint density at radius 3 is 2.36 bits per heavy atom. The highest BCUT2D eigenvalue weighted by Crippen LogP contribution is 2.33. The van der Waals surface area contributed by atoms with Crippen molar-refractivity contribution >= 4 is 11.3 Å². The first kappa shape index (κ1) is 8.15. The van der Waals surface area contributed by atoms with E-state index in [4.69, 9.17) is 6.42 Å². The van der Waals surface area contributed by atoms with Crippen LogP contribution in [-0.2, 0) is 6.18 Å². The van der Waals surface area contributed by atoms with Gasteiger partial charge in [-0.2, -0.15) is 24.5 Å². The van der Waals surface area contributed by atoms with Gasteiger partial charge in [0.15, 0.2) is 0 Å². The average Bonchev–Trinajstić information content (AvgIpc) is 2.31. The Labute approximate surface area is 65.7 Å². The highest BCUT2D eigenvalue weighted by Gasteiger charge is 2.33. The first-order chi connectivity index (χ1) is 5.05. The normalized spacial score (nSPS) is 11.1. The fourth-order valence-corrected chi connectivity index (χ4v) is 1.42. The first-order valence-electron chi connectivity index (χ1n) is 2.65. The fourth-order valence-electron chi connectivity index (χ4n) is 0.628. The largest absolute Gasteiger partial charge is 0.418 e. The molecule has 1 heterocycles. The van der Waals surface area contributed by atoms with Crippen molar-refractivity contribution in [3.8, 4) is 12.3 Å². The van der Waals surface area contributed by atoms with Crippen LogP contribution in [0.2, 0.25) is 0 Å². The van der Waals surface area contributed by atoms with Crippen LogP contribution in [0.25, 0.3) is 0 Å². The second-order valence-electron chi connectivity index (χ2n) is 1.84. The summed E-state index contributed by atoms with van der Waals surface area (Å²) in [5.74, 6) is 1.97. The minimum absolute atomic E-state index is 0.0810. The highest BCUT2D eigenvalue weighted by atomic mass is 32.1. The summed E-state index contributed by atoms with van der Waals surface area (Å²) in [6.07, 6.45) is 0.531. The van der Waals surface area contributed by atoms with E-state index in [1.165, 1.54) is 5.38 Å². The molecular weight excluding hydrogens is 173 g/mol. The standard InChI is InChI=1S/C7H3F3S/c1-2-5-3-11-4-6(5)7(8,9)10/h1,3-4H. The van der Waals surface area contributed by atoms with Gasteiger partial charge in [-0.1, -0.05) is 5.92 Å². The van der Waals surface area contributed by atoms with Gasteiger partial charge < -0.3 is 0 Å². The Balaban J connectivity index is 3.15. The third-order valence-electron chi connectivity index (χ3n) is 1.12. The molecule has 0 aliphatic rings. The molecule has 0 bridgehead atoms. The number of rotatable bonds is 0. The van der Waals surface area contributed by atoms with Crippen LogP contribution in [-0.4, -0.2) is 0 Å². The molecule has 1 aromatic rings. The number of terminal acetylenes is 1. The van der Waals surface area contributed by atoms with E-state index in [1.807, 2.05) is 5.92 Å². The summed E-state index contributed by atoms with van der Waals surface area (Å²) < 4.78 is 35.9. The lowest BCUT2D eigenvalue weighted by Gasteiger charge is -2.02. The summed E-state index contributed by atoms with van der Waals surface area (Å²) in [6, 6.07) is 0. The lowest BCUT2D eigenvalue weighted by atomic mass is 10.2. The molecule has 0 amide bonds. The average molecular weight is 176 g/mol. The predicted molar refractivity (Wildman–Crippen MR) is 37.3 cm³/mol. The van der Waals surface area contributed by atoms with E-state index >= 15 is 0 Å². The lowest BCUT2D eigenvalue weighted by Crippen LogP contribution is -2.04. The van der Waals surface area contributed by atoms with Crippen LogP contribution in [0.1, 0.15) is 11.1 Å². The third kappa shape index (κ3) is 1.55. The SMILES string of the molecule is C#Cc1cscc1C(F)(F)F. The molecule has 0 N–H and O–H groups in total. The van der Waals surface area contributed by atoms with Crippen LogP contribution in [0, 0.1) is 12.3 Å². The van der Waals surface area contributed by atoms with E-state index in [1.54, 1.807) is 0 Å². The minimum atomic E-state index is -4.32. The van der Waals surface area contributed by atoms with E-state index in [9.17, 15) is 13.2 Å². The maximum atomic E-state index is 12.0. The summed E-state index contributed by atoms with van der Waals surface area (Å²) in [5, 5.41) is 2.32. The molecule has 4 heteroatoms. The van der Waals surface area contributed by atoms with Crippen LogP contribution in [0.15, 0.2) is 10.8 Å². The second kappa shape index (κ2) is 2.59. The van der Waals surface area contributed by atoms with E-state index in [2.05, 4.69) is 0 Å². The summed E-state index contributed by atoms with van der Waals surface area (Å²) >= 11 is 0.955. The molecule has 0 spiro atoms. The van der Waals surface area contributed by atoms with Crippen LogP contribution in [0.3, 0.4) is 0 Å². The van der Waals surface area contributed by atoms with E-state index in [0.717, 1.165) is 16.7 Å². The summed E-state index contributed by atoms with van der Waals surface area (Å²) in [4.78, 5) is 0. The molecule has 0 aliphatic carbocycles. The summed E-state index contributed by atoms with van der Waals surface area (Å²) in [5.41, 5.74) is -0.799. The molecule has 0 fully saturated rings. The fraction of sp³-hybridized carbons (Fsp3) is 0.143. The van der Waals surface area contributed by atoms with E-state index < -0.39 is 11.7 Å². The predicted octanol–water partition coefficient (Wildman–Crippen LogP) is 2.75. The van der Waals surface area contributed by atoms with Gasteiger partial charge in [-0.05, 0) is 0 Å². The highest BCUT2D eigenvalue weighted by molar-refractivity contribution is 7.08. The van der Waals surface area contributed by atoms with Crippen molar-refractivity contribution < 1.29 is 13.2 Å². The number of hydrogen-bond acceptors (Lipinski definition) is 1. The Bertz CT molecular complexity index is 289. The van der Waals surface area contributed by atoms with E-state index in [-0.39, 0.29) is 5.56 Å². The molecule has 0 radical (unpaired) electrons. The molecule has 1 rings (SSSR count). The molecule has 0 aliphatic heterocycles. The molecule has 0 unspecified atom stereocenters. The Morgan fingerprint density at radius 2 is 2.00 bits per heavy atom. The molecule has 0 atom stereocenters. The zero-order valence-electron chi connectivity index (χ0n) is 5.27.